The number of hydrogen-bond acceptors (Lipinski definition) is 14. The van der Waals surface area contributed by atoms with E-state index in [0.717, 1.165) is 53.7 Å². The summed E-state index contributed by atoms with van der Waals surface area (Å²) in [5, 5.41) is 30.7. The van der Waals surface area contributed by atoms with Gasteiger partial charge in [0.25, 0.3) is 11.8 Å². The SMILES string of the molecule is Cc1ncsc1-c1ccc([C@H](C)NC(=O)[C@@H]2C[C@@H](O)CN2C(=O)[C@@H](c2cc(OCCN3CCN(c4ccc(C(=O)NC5C(C)(C)C(Oc6ccc(C#N)c(Cl)c6)C5(C)C)cn4)CC3)no2)C(C)C)cc1. The van der Waals surface area contributed by atoms with Crippen LogP contribution in [0.25, 0.3) is 10.4 Å². The number of hydrogen-bond donors (Lipinski definition) is 3. The summed E-state index contributed by atoms with van der Waals surface area (Å²) < 4.78 is 18.1. The minimum absolute atomic E-state index is 0.0383. The second-order valence-corrected chi connectivity index (χ2v) is 21.4. The lowest BCUT2D eigenvalue weighted by Crippen LogP contribution is -2.74. The molecular formula is C52H62ClN9O7S. The van der Waals surface area contributed by atoms with Crippen molar-refractivity contribution in [1.29, 1.82) is 5.26 Å². The quantitative estimate of drug-likeness (QED) is 0.0884. The van der Waals surface area contributed by atoms with E-state index in [4.69, 9.17) is 25.6 Å². The Bertz CT molecular complexity index is 2690. The molecule has 2 aromatic carbocycles. The summed E-state index contributed by atoms with van der Waals surface area (Å²) >= 11 is 7.84. The highest BCUT2D eigenvalue weighted by Crippen LogP contribution is 2.55. The average molecular weight is 993 g/mol. The number of aryl methyl sites for hydroxylation is 1. The van der Waals surface area contributed by atoms with Crippen LogP contribution in [-0.2, 0) is 9.59 Å². The molecule has 5 heterocycles. The number of pyridine rings is 1. The molecule has 2 saturated heterocycles. The van der Waals surface area contributed by atoms with Crippen LogP contribution >= 0.6 is 22.9 Å². The van der Waals surface area contributed by atoms with Gasteiger partial charge in [0.05, 0.1) is 44.4 Å². The molecule has 16 nitrogen and oxygen atoms in total. The van der Waals surface area contributed by atoms with Crippen molar-refractivity contribution in [3.63, 3.8) is 0 Å². The number of nitrogens with zero attached hydrogens (tertiary/aromatic N) is 7. The first kappa shape index (κ1) is 50.3. The van der Waals surface area contributed by atoms with Crippen LogP contribution in [-0.4, -0.2) is 118 Å². The van der Waals surface area contributed by atoms with Crippen molar-refractivity contribution in [2.45, 2.75) is 98.1 Å². The Balaban J connectivity index is 0.786. The maximum Gasteiger partial charge on any atom is 0.254 e. The van der Waals surface area contributed by atoms with E-state index in [1.54, 1.807) is 41.8 Å². The van der Waals surface area contributed by atoms with Crippen molar-refractivity contribution in [2.75, 3.05) is 50.8 Å². The second kappa shape index (κ2) is 20.7. The van der Waals surface area contributed by atoms with Gasteiger partial charge in [0.2, 0.25) is 11.8 Å². The number of thiazole rings is 1. The highest BCUT2D eigenvalue weighted by molar-refractivity contribution is 7.13. The lowest BCUT2D eigenvalue weighted by atomic mass is 9.49. The van der Waals surface area contributed by atoms with Crippen molar-refractivity contribution < 1.29 is 33.5 Å². The fourth-order valence-corrected chi connectivity index (χ4v) is 11.6. The number of nitriles is 1. The van der Waals surface area contributed by atoms with Gasteiger partial charge in [-0.05, 0) is 60.3 Å². The van der Waals surface area contributed by atoms with Gasteiger partial charge >= 0.3 is 0 Å². The van der Waals surface area contributed by atoms with Crippen molar-refractivity contribution in [2.24, 2.45) is 16.7 Å². The number of carbonyl (C=O) groups excluding carboxylic acids is 3. The standard InChI is InChI=1S/C52H62ClN9O7S/c1-30(2)44(48(66)62-28-37(63)23-40(62)47(65)57-31(3)33-9-11-34(12-10-33)45-32(4)56-29-70-45)41-25-43(59-69-41)67-22-21-60-17-19-61(20-18-60)42-16-14-36(27-55-42)46(64)58-49-51(5,6)50(52(49,7)8)68-38-15-13-35(26-54)39(53)24-38/h9-16,24-25,27,29-31,37,40,44,49-50,63H,17-23,28H2,1-8H3,(H,57,65)(H,58,64)/t31-,37+,40-,44+,49?,50?/m0/s1. The van der Waals surface area contributed by atoms with Crippen LogP contribution in [0.5, 0.6) is 11.6 Å². The zero-order valence-electron chi connectivity index (χ0n) is 40.9. The summed E-state index contributed by atoms with van der Waals surface area (Å²) in [6, 6.07) is 19.1. The highest BCUT2D eigenvalue weighted by Gasteiger charge is 2.64. The summed E-state index contributed by atoms with van der Waals surface area (Å²) in [6.07, 6.45) is 0.706. The molecule has 4 atom stereocenters. The number of benzene rings is 2. The van der Waals surface area contributed by atoms with E-state index in [2.05, 4.69) is 69.3 Å². The molecule has 18 heteroatoms. The maximum atomic E-state index is 14.2. The number of likely N-dealkylation sites (tertiary alicyclic amines) is 1. The minimum Gasteiger partial charge on any atom is -0.489 e. The Hall–Kier alpha value is -6.06. The molecule has 3 aromatic heterocycles. The molecule has 3 amide bonds. The summed E-state index contributed by atoms with van der Waals surface area (Å²) in [4.78, 5) is 57.5. The van der Waals surface area contributed by atoms with Crippen LogP contribution in [0, 0.1) is 35.0 Å². The van der Waals surface area contributed by atoms with Crippen molar-refractivity contribution in [3.05, 3.63) is 106 Å². The number of anilines is 1. The third kappa shape index (κ3) is 10.5. The number of carbonyl (C=O) groups is 3. The van der Waals surface area contributed by atoms with E-state index in [1.807, 2.05) is 69.6 Å². The summed E-state index contributed by atoms with van der Waals surface area (Å²) in [5.41, 5.74) is 4.85. The third-order valence-electron chi connectivity index (χ3n) is 14.2. The summed E-state index contributed by atoms with van der Waals surface area (Å²) in [5.74, 6) is 0.204. The molecule has 70 heavy (non-hydrogen) atoms. The molecule has 3 fully saturated rings. The smallest absolute Gasteiger partial charge is 0.254 e. The van der Waals surface area contributed by atoms with Gasteiger partial charge in [-0.25, -0.2) is 9.97 Å². The molecule has 3 N–H and O–H groups in total. The minimum atomic E-state index is -0.843. The molecule has 1 aliphatic carbocycles. The fourth-order valence-electron chi connectivity index (χ4n) is 10.6. The van der Waals surface area contributed by atoms with Gasteiger partial charge < -0.3 is 39.5 Å². The van der Waals surface area contributed by atoms with Gasteiger partial charge in [0.15, 0.2) is 5.76 Å². The normalized spacial score (nSPS) is 21.6. The second-order valence-electron chi connectivity index (χ2n) is 20.2. The predicted octanol–water partition coefficient (Wildman–Crippen LogP) is 7.42. The molecule has 370 valence electrons. The number of amides is 3. The number of β-amino-alcohol motifs (C(OH)–C–C–N with tert-alkyl or cyclic N) is 1. The molecule has 8 rings (SSSR count). The molecule has 0 unspecified atom stereocenters. The Labute approximate surface area is 418 Å². The maximum absolute atomic E-state index is 14.2. The van der Waals surface area contributed by atoms with Gasteiger partial charge in [0, 0.05) is 80.9 Å². The van der Waals surface area contributed by atoms with Crippen LogP contribution in [0.3, 0.4) is 0 Å². The largest absolute Gasteiger partial charge is 0.489 e. The van der Waals surface area contributed by atoms with E-state index < -0.39 is 28.9 Å². The van der Waals surface area contributed by atoms with Gasteiger partial charge in [-0.3, -0.25) is 19.3 Å². The summed E-state index contributed by atoms with van der Waals surface area (Å²) in [7, 11) is 0. The predicted molar refractivity (Wildman–Crippen MR) is 267 cm³/mol. The van der Waals surface area contributed by atoms with Gasteiger partial charge in [-0.15, -0.1) is 11.3 Å². The van der Waals surface area contributed by atoms with Gasteiger partial charge in [-0.2, -0.15) is 5.26 Å². The average Bonchev–Trinajstić information content (AvgIpc) is 4.10. The Morgan fingerprint density at radius 3 is 2.36 bits per heavy atom. The first-order chi connectivity index (χ1) is 33.3. The van der Waals surface area contributed by atoms with Crippen molar-refractivity contribution in [1.82, 2.24) is 35.6 Å². The zero-order valence-corrected chi connectivity index (χ0v) is 42.5. The first-order valence-corrected chi connectivity index (χ1v) is 25.1. The molecule has 1 saturated carbocycles. The number of ether oxygens (including phenoxy) is 2. The number of nitrogens with one attached hydrogen (secondary N) is 2. The topological polar surface area (TPSA) is 199 Å². The van der Waals surface area contributed by atoms with Crippen LogP contribution < -0.4 is 25.0 Å². The van der Waals surface area contributed by atoms with E-state index in [1.165, 1.54) is 4.90 Å². The fraction of sp³-hybridized carbons (Fsp3) is 0.481. The first-order valence-electron chi connectivity index (χ1n) is 23.8. The molecular weight excluding hydrogens is 930 g/mol. The van der Waals surface area contributed by atoms with E-state index in [0.29, 0.717) is 40.8 Å². The molecule has 2 aliphatic heterocycles. The van der Waals surface area contributed by atoms with Gasteiger partial charge in [0.1, 0.15) is 42.3 Å². The Kier molecular flexibility index (Phi) is 14.9. The lowest BCUT2D eigenvalue weighted by Gasteiger charge is -2.63. The zero-order chi connectivity index (χ0) is 50.1. The monoisotopic (exact) mass is 991 g/mol. The van der Waals surface area contributed by atoms with Crippen LogP contribution in [0.4, 0.5) is 5.82 Å². The van der Waals surface area contributed by atoms with Crippen molar-refractivity contribution >= 4 is 46.5 Å². The highest BCUT2D eigenvalue weighted by atomic mass is 35.5. The summed E-state index contributed by atoms with van der Waals surface area (Å²) in [6.45, 7) is 20.1. The molecule has 0 spiro atoms. The van der Waals surface area contributed by atoms with Crippen LogP contribution in [0.1, 0.15) is 99.8 Å². The molecule has 3 aliphatic rings. The number of piperazine rings is 1. The Morgan fingerprint density at radius 1 is 1.00 bits per heavy atom. The lowest BCUT2D eigenvalue weighted by molar-refractivity contribution is -0.164. The van der Waals surface area contributed by atoms with Crippen LogP contribution in [0.2, 0.25) is 5.02 Å². The van der Waals surface area contributed by atoms with Crippen molar-refractivity contribution in [3.8, 4) is 28.1 Å². The number of aliphatic hydroxyl groups is 1. The van der Waals surface area contributed by atoms with Crippen LogP contribution in [0.15, 0.2) is 76.9 Å². The number of aromatic nitrogens is 3. The number of aliphatic hydroxyl groups excluding tert-OH is 1. The van der Waals surface area contributed by atoms with E-state index in [9.17, 15) is 24.8 Å². The van der Waals surface area contributed by atoms with Gasteiger partial charge in [-0.1, -0.05) is 77.4 Å². The third-order valence-corrected chi connectivity index (χ3v) is 15.5. The molecule has 0 bridgehead atoms. The Morgan fingerprint density at radius 2 is 1.73 bits per heavy atom. The van der Waals surface area contributed by atoms with E-state index in [-0.39, 0.29) is 60.7 Å². The number of halogens is 1. The number of rotatable bonds is 16. The van der Waals surface area contributed by atoms with E-state index >= 15 is 0 Å². The molecule has 5 aromatic rings. The molecule has 0 radical (unpaired) electrons.